The second kappa shape index (κ2) is 7.88. The molecule has 0 saturated carbocycles. The molecular formula is C24H25N5O. The Morgan fingerprint density at radius 3 is 2.60 bits per heavy atom. The molecule has 0 radical (unpaired) electrons. The second-order valence-corrected chi connectivity index (χ2v) is 7.93. The number of ether oxygens (including phenoxy) is 1. The molecule has 5 rings (SSSR count). The highest BCUT2D eigenvalue weighted by atomic mass is 16.5. The van der Waals surface area contributed by atoms with Crippen LogP contribution in [0.5, 0.6) is 0 Å². The zero-order valence-corrected chi connectivity index (χ0v) is 17.1. The van der Waals surface area contributed by atoms with E-state index in [0.29, 0.717) is 5.78 Å². The van der Waals surface area contributed by atoms with E-state index in [2.05, 4.69) is 69.8 Å². The molecule has 30 heavy (non-hydrogen) atoms. The summed E-state index contributed by atoms with van der Waals surface area (Å²) in [4.78, 5) is 9.01. The van der Waals surface area contributed by atoms with Gasteiger partial charge in [-0.2, -0.15) is 14.6 Å². The van der Waals surface area contributed by atoms with Gasteiger partial charge in [0.25, 0.3) is 5.78 Å². The zero-order valence-electron chi connectivity index (χ0n) is 17.1. The quantitative estimate of drug-likeness (QED) is 0.543. The maximum Gasteiger partial charge on any atom is 0.254 e. The molecule has 1 aliphatic heterocycles. The number of rotatable bonds is 5. The van der Waals surface area contributed by atoms with Crippen molar-refractivity contribution in [3.63, 3.8) is 0 Å². The predicted octanol–water partition coefficient (Wildman–Crippen LogP) is 4.26. The van der Waals surface area contributed by atoms with Crippen LogP contribution in [-0.4, -0.2) is 39.3 Å². The number of anilines is 1. The first-order valence-electron chi connectivity index (χ1n) is 10.4. The van der Waals surface area contributed by atoms with E-state index in [0.717, 1.165) is 49.7 Å². The average Bonchev–Trinajstić information content (AvgIpc) is 3.28. The fraction of sp³-hybridized carbons (Fsp3) is 0.292. The molecule has 0 unspecified atom stereocenters. The van der Waals surface area contributed by atoms with Crippen molar-refractivity contribution in [2.24, 2.45) is 0 Å². The molecule has 1 N–H and O–H groups in total. The Morgan fingerprint density at radius 2 is 1.80 bits per heavy atom. The lowest BCUT2D eigenvalue weighted by atomic mass is 9.72. The first kappa shape index (κ1) is 18.8. The summed E-state index contributed by atoms with van der Waals surface area (Å²) in [7, 11) is 0. The number of aryl methyl sites for hydroxylation is 1. The van der Waals surface area contributed by atoms with Gasteiger partial charge < -0.3 is 10.1 Å². The Morgan fingerprint density at radius 1 is 1.03 bits per heavy atom. The van der Waals surface area contributed by atoms with E-state index in [1.807, 2.05) is 18.2 Å². The van der Waals surface area contributed by atoms with Gasteiger partial charge in [0.2, 0.25) is 0 Å². The topological polar surface area (TPSA) is 64.3 Å². The van der Waals surface area contributed by atoms with Gasteiger partial charge in [-0.15, -0.1) is 0 Å². The first-order chi connectivity index (χ1) is 14.8. The first-order valence-corrected chi connectivity index (χ1v) is 10.4. The van der Waals surface area contributed by atoms with Crippen LogP contribution in [0.3, 0.4) is 0 Å². The molecule has 0 aliphatic carbocycles. The van der Waals surface area contributed by atoms with Crippen molar-refractivity contribution in [1.29, 1.82) is 0 Å². The molecule has 0 spiro atoms. The zero-order chi connectivity index (χ0) is 20.4. The Labute approximate surface area is 176 Å². The summed E-state index contributed by atoms with van der Waals surface area (Å²) < 4.78 is 7.48. The van der Waals surface area contributed by atoms with Crippen LogP contribution in [0.25, 0.3) is 17.0 Å². The SMILES string of the molecule is Cc1ccccc1C1(CNc2cc(-c3ccccc3)nc3ncnn23)CCOCC1. The summed E-state index contributed by atoms with van der Waals surface area (Å²) in [6, 6.07) is 20.9. The van der Waals surface area contributed by atoms with Crippen molar-refractivity contribution < 1.29 is 4.74 Å². The maximum atomic E-state index is 5.71. The van der Waals surface area contributed by atoms with Crippen molar-refractivity contribution in [2.45, 2.75) is 25.2 Å². The van der Waals surface area contributed by atoms with Gasteiger partial charge in [-0.3, -0.25) is 0 Å². The van der Waals surface area contributed by atoms with Crippen LogP contribution in [0.4, 0.5) is 5.82 Å². The summed E-state index contributed by atoms with van der Waals surface area (Å²) in [6.07, 6.45) is 3.53. The highest BCUT2D eigenvalue weighted by molar-refractivity contribution is 5.65. The van der Waals surface area contributed by atoms with Gasteiger partial charge in [0.15, 0.2) is 0 Å². The van der Waals surface area contributed by atoms with Crippen molar-refractivity contribution in [2.75, 3.05) is 25.1 Å². The molecule has 2 aromatic heterocycles. The average molecular weight is 399 g/mol. The third-order valence-electron chi connectivity index (χ3n) is 6.10. The van der Waals surface area contributed by atoms with E-state index >= 15 is 0 Å². The van der Waals surface area contributed by atoms with Crippen LogP contribution in [-0.2, 0) is 10.2 Å². The van der Waals surface area contributed by atoms with Gasteiger partial charge in [0, 0.05) is 36.8 Å². The van der Waals surface area contributed by atoms with Gasteiger partial charge >= 0.3 is 0 Å². The predicted molar refractivity (Wildman–Crippen MR) is 118 cm³/mol. The van der Waals surface area contributed by atoms with E-state index in [1.54, 1.807) is 10.8 Å². The molecule has 2 aromatic carbocycles. The monoisotopic (exact) mass is 399 g/mol. The molecule has 1 saturated heterocycles. The maximum absolute atomic E-state index is 5.71. The van der Waals surface area contributed by atoms with E-state index in [4.69, 9.17) is 4.74 Å². The van der Waals surface area contributed by atoms with Crippen LogP contribution in [0.2, 0.25) is 0 Å². The van der Waals surface area contributed by atoms with E-state index < -0.39 is 0 Å². The normalized spacial score (nSPS) is 15.9. The minimum atomic E-state index is 0.0205. The smallest absolute Gasteiger partial charge is 0.254 e. The molecule has 152 valence electrons. The molecule has 0 bridgehead atoms. The van der Waals surface area contributed by atoms with Gasteiger partial charge in [-0.25, -0.2) is 4.98 Å². The molecule has 1 fully saturated rings. The number of benzene rings is 2. The van der Waals surface area contributed by atoms with Gasteiger partial charge in [0.05, 0.1) is 5.69 Å². The number of hydrogen-bond donors (Lipinski definition) is 1. The van der Waals surface area contributed by atoms with E-state index in [-0.39, 0.29) is 5.41 Å². The van der Waals surface area contributed by atoms with Crippen LogP contribution in [0, 0.1) is 6.92 Å². The summed E-state index contributed by atoms with van der Waals surface area (Å²) >= 11 is 0. The third-order valence-corrected chi connectivity index (χ3v) is 6.10. The minimum Gasteiger partial charge on any atom is -0.381 e. The number of nitrogens with one attached hydrogen (secondary N) is 1. The molecule has 6 heteroatoms. The van der Waals surface area contributed by atoms with Crippen LogP contribution in [0.15, 0.2) is 67.0 Å². The lowest BCUT2D eigenvalue weighted by molar-refractivity contribution is 0.0541. The molecule has 4 aromatic rings. The van der Waals surface area contributed by atoms with Gasteiger partial charge in [-0.1, -0.05) is 54.6 Å². The summed E-state index contributed by atoms with van der Waals surface area (Å²) in [6.45, 7) is 4.55. The highest BCUT2D eigenvalue weighted by Gasteiger charge is 2.35. The Balaban J connectivity index is 1.52. The minimum absolute atomic E-state index is 0.0205. The molecule has 6 nitrogen and oxygen atoms in total. The Hall–Kier alpha value is -3.25. The molecular weight excluding hydrogens is 374 g/mol. The summed E-state index contributed by atoms with van der Waals surface area (Å²) in [5.74, 6) is 1.49. The number of nitrogens with zero attached hydrogens (tertiary/aromatic N) is 4. The van der Waals surface area contributed by atoms with Crippen LogP contribution < -0.4 is 5.32 Å². The van der Waals surface area contributed by atoms with E-state index in [9.17, 15) is 0 Å². The van der Waals surface area contributed by atoms with Crippen LogP contribution >= 0.6 is 0 Å². The summed E-state index contributed by atoms with van der Waals surface area (Å²) in [5.41, 5.74) is 4.69. The van der Waals surface area contributed by atoms with Crippen molar-refractivity contribution in [1.82, 2.24) is 19.6 Å². The van der Waals surface area contributed by atoms with Gasteiger partial charge in [-0.05, 0) is 30.9 Å². The lowest BCUT2D eigenvalue weighted by Crippen LogP contribution is -2.40. The second-order valence-electron chi connectivity index (χ2n) is 7.93. The van der Waals surface area contributed by atoms with Crippen molar-refractivity contribution >= 4 is 11.6 Å². The highest BCUT2D eigenvalue weighted by Crippen LogP contribution is 2.37. The fourth-order valence-corrected chi connectivity index (χ4v) is 4.43. The Bertz CT molecular complexity index is 1150. The number of fused-ring (bicyclic) bond motifs is 1. The van der Waals surface area contributed by atoms with Crippen LogP contribution in [0.1, 0.15) is 24.0 Å². The van der Waals surface area contributed by atoms with Gasteiger partial charge in [0.1, 0.15) is 12.1 Å². The molecule has 0 atom stereocenters. The third kappa shape index (κ3) is 3.44. The molecule has 0 amide bonds. The van der Waals surface area contributed by atoms with Crippen molar-refractivity contribution in [3.05, 3.63) is 78.1 Å². The number of hydrogen-bond acceptors (Lipinski definition) is 5. The largest absolute Gasteiger partial charge is 0.381 e. The molecule has 1 aliphatic rings. The standard InChI is InChI=1S/C24H25N5O/c1-18-7-5-6-10-20(18)24(11-13-30-14-12-24)16-25-22-15-21(19-8-3-2-4-9-19)28-23-26-17-27-29(22)23/h2-10,15,17,25H,11-14,16H2,1H3. The number of aromatic nitrogens is 4. The fourth-order valence-electron chi connectivity index (χ4n) is 4.43. The Kier molecular flexibility index (Phi) is 4.93. The summed E-state index contributed by atoms with van der Waals surface area (Å²) in [5, 5.41) is 8.07. The lowest BCUT2D eigenvalue weighted by Gasteiger charge is -2.39. The van der Waals surface area contributed by atoms with Crippen molar-refractivity contribution in [3.8, 4) is 11.3 Å². The van der Waals surface area contributed by atoms with E-state index in [1.165, 1.54) is 11.1 Å². The molecule has 3 heterocycles.